The Bertz CT molecular complexity index is 2150. The molecule has 2 aromatic rings. The van der Waals surface area contributed by atoms with Crippen LogP contribution in [0.1, 0.15) is 65.2 Å². The molecule has 20 heteroatoms. The number of nitrogens with one attached hydrogen (secondary N) is 3. The van der Waals surface area contributed by atoms with Crippen LogP contribution in [0.5, 0.6) is 11.6 Å². The molecule has 2 saturated heterocycles. The number of sulfonamides is 1. The molecule has 15 nitrogen and oxygen atoms in total. The van der Waals surface area contributed by atoms with Crippen LogP contribution >= 0.6 is 0 Å². The Balaban J connectivity index is 1.23. The van der Waals surface area contributed by atoms with Gasteiger partial charge in [0.25, 0.3) is 5.91 Å². The predicted molar refractivity (Wildman–Crippen MR) is 206 cm³/mol. The van der Waals surface area contributed by atoms with Crippen molar-refractivity contribution in [1.29, 1.82) is 0 Å². The van der Waals surface area contributed by atoms with Gasteiger partial charge in [0.05, 0.1) is 33.1 Å². The van der Waals surface area contributed by atoms with Crippen molar-refractivity contribution in [3.8, 4) is 11.6 Å². The number of rotatable bonds is 9. The van der Waals surface area contributed by atoms with E-state index in [9.17, 15) is 45.2 Å². The number of hydrogen-bond acceptors (Lipinski definition) is 11. The van der Waals surface area contributed by atoms with Gasteiger partial charge in [-0.2, -0.15) is 13.2 Å². The van der Waals surface area contributed by atoms with Crippen molar-refractivity contribution in [3.05, 3.63) is 42.6 Å². The van der Waals surface area contributed by atoms with Gasteiger partial charge in [-0.15, -0.1) is 0 Å². The van der Waals surface area contributed by atoms with Gasteiger partial charge in [0.15, 0.2) is 0 Å². The van der Waals surface area contributed by atoms with E-state index in [1.807, 2.05) is 17.7 Å². The third-order valence-corrected chi connectivity index (χ3v) is 14.7. The summed E-state index contributed by atoms with van der Waals surface area (Å²) in [6, 6.07) is 4.21. The Hall–Kier alpha value is -4.72. The van der Waals surface area contributed by atoms with E-state index in [1.165, 1.54) is 13.3 Å². The number of aromatic nitrogens is 1. The number of carbonyl (C=O) groups is 4. The van der Waals surface area contributed by atoms with Crippen LogP contribution in [-0.4, -0.2) is 116 Å². The van der Waals surface area contributed by atoms with Crippen LogP contribution in [0.2, 0.25) is 0 Å². The molecule has 5 aliphatic rings. The monoisotopic (exact) mass is 867 g/mol. The minimum absolute atomic E-state index is 0.00878. The number of fused-ring (bicyclic) bond motifs is 3. The SMILES string of the molecule is COc1cnc(O[C@@H]2C[C@H]3C(=O)N[C@]4(C(=O)NS(=O)(=O)C5(CF)CC5)C[C@H]4/C=C\CC[C@@H](C)C[C@@H](C)[C@H](NC(=O)OC4(C(F)(F)F)CCOC4)C(=O)N3C2)c2ccccc12. The molecule has 1 aromatic carbocycles. The lowest BCUT2D eigenvalue weighted by molar-refractivity contribution is -0.256. The van der Waals surface area contributed by atoms with Crippen molar-refractivity contribution < 1.29 is 64.1 Å². The molecule has 0 bridgehead atoms. The Morgan fingerprint density at radius 1 is 1.10 bits per heavy atom. The number of pyridine rings is 1. The number of halogens is 4. The maximum atomic E-state index is 14.8. The van der Waals surface area contributed by atoms with Crippen molar-refractivity contribution in [1.82, 2.24) is 25.2 Å². The number of allylic oxidation sites excluding steroid dienone is 1. The van der Waals surface area contributed by atoms with Crippen molar-refractivity contribution in [2.24, 2.45) is 17.8 Å². The van der Waals surface area contributed by atoms with Crippen LogP contribution in [0.3, 0.4) is 0 Å². The van der Waals surface area contributed by atoms with Gasteiger partial charge in [-0.1, -0.05) is 44.2 Å². The average Bonchev–Trinajstić information content (AvgIpc) is 4.03. The van der Waals surface area contributed by atoms with Gasteiger partial charge >= 0.3 is 12.3 Å². The molecule has 7 rings (SSSR count). The number of alkyl halides is 4. The number of carbonyl (C=O) groups excluding carboxylic acids is 4. The fraction of sp³-hybridized carbons (Fsp3) is 0.625. The average molecular weight is 868 g/mol. The quantitative estimate of drug-likeness (QED) is 0.241. The number of benzene rings is 1. The second-order valence-corrected chi connectivity index (χ2v) is 18.9. The summed E-state index contributed by atoms with van der Waals surface area (Å²) in [5.41, 5.74) is -4.71. The topological polar surface area (TPSA) is 192 Å². The van der Waals surface area contributed by atoms with Gasteiger partial charge in [-0.25, -0.2) is 22.6 Å². The van der Waals surface area contributed by atoms with Gasteiger partial charge < -0.3 is 34.5 Å². The summed E-state index contributed by atoms with van der Waals surface area (Å²) < 4.78 is 105. The molecule has 4 heterocycles. The standard InChI is InChI=1S/C40H49F4N5O10S/c1-23-8-4-5-9-25-18-39(25,35(52)48-60(54,55)37(21-41)12-13-37)47-32(50)29-17-26(58-33-28-11-7-6-10-27(28)30(56-3)19-45-33)20-49(29)34(51)31(24(2)16-23)46-36(53)59-38(40(42,43)44)14-15-57-22-38/h5-7,9-11,19,23-26,29,31H,4,8,12-18,20-22H2,1-3H3,(H,46,53)(H,47,50)(H,48,52)/b9-5-/t23-,24-,25-,26-,29+,31+,38?,39-/m1/s1. The lowest BCUT2D eigenvalue weighted by atomic mass is 9.88. The predicted octanol–water partition coefficient (Wildman–Crippen LogP) is 4.24. The van der Waals surface area contributed by atoms with E-state index >= 15 is 0 Å². The summed E-state index contributed by atoms with van der Waals surface area (Å²) in [6.45, 7) is 0.902. The van der Waals surface area contributed by atoms with E-state index in [0.29, 0.717) is 35.8 Å². The number of alkyl carbamates (subject to hydrolysis) is 1. The molecule has 4 fully saturated rings. The third-order valence-electron chi connectivity index (χ3n) is 12.6. The molecule has 0 radical (unpaired) electrons. The van der Waals surface area contributed by atoms with Gasteiger partial charge in [-0.3, -0.25) is 19.1 Å². The Labute approximate surface area is 344 Å². The summed E-state index contributed by atoms with van der Waals surface area (Å²) in [6.07, 6.45) is -1.78. The zero-order valence-electron chi connectivity index (χ0n) is 33.4. The molecule has 0 spiro atoms. The van der Waals surface area contributed by atoms with E-state index in [4.69, 9.17) is 18.9 Å². The molecule has 2 aliphatic carbocycles. The molecule has 3 N–H and O–H groups in total. The number of hydrogen-bond donors (Lipinski definition) is 3. The minimum atomic E-state index is -4.98. The highest BCUT2D eigenvalue weighted by Crippen LogP contribution is 2.48. The lowest BCUT2D eigenvalue weighted by Gasteiger charge is -2.34. The van der Waals surface area contributed by atoms with Crippen LogP contribution in [0.25, 0.3) is 10.8 Å². The Kier molecular flexibility index (Phi) is 11.8. The first-order chi connectivity index (χ1) is 28.4. The molecule has 60 heavy (non-hydrogen) atoms. The normalized spacial score (nSPS) is 32.4. The van der Waals surface area contributed by atoms with E-state index < -0.39 is 106 Å². The molecular weight excluding hydrogens is 819 g/mol. The molecule has 1 unspecified atom stereocenters. The fourth-order valence-electron chi connectivity index (χ4n) is 8.55. The summed E-state index contributed by atoms with van der Waals surface area (Å²) in [5.74, 6) is -3.53. The van der Waals surface area contributed by atoms with Gasteiger partial charge in [0, 0.05) is 29.5 Å². The number of nitrogens with zero attached hydrogens (tertiary/aromatic N) is 2. The maximum Gasteiger partial charge on any atom is 0.430 e. The molecule has 1 aromatic heterocycles. The number of methoxy groups -OCH3 is 1. The van der Waals surface area contributed by atoms with Gasteiger partial charge in [-0.05, 0) is 56.4 Å². The summed E-state index contributed by atoms with van der Waals surface area (Å²) in [7, 11) is -2.99. The molecule has 3 aliphatic heterocycles. The highest BCUT2D eigenvalue weighted by atomic mass is 32.2. The molecule has 8 atom stereocenters. The second kappa shape index (κ2) is 16.3. The van der Waals surface area contributed by atoms with Crippen LogP contribution in [-0.2, 0) is 33.9 Å². The van der Waals surface area contributed by atoms with E-state index in [-0.39, 0.29) is 50.6 Å². The first kappa shape index (κ1) is 43.4. The van der Waals surface area contributed by atoms with Gasteiger partial charge in [0.2, 0.25) is 33.3 Å². The van der Waals surface area contributed by atoms with E-state index in [0.717, 1.165) is 4.90 Å². The molecular formula is C40H49F4N5O10S. The zero-order chi connectivity index (χ0) is 43.3. The summed E-state index contributed by atoms with van der Waals surface area (Å²) >= 11 is 0. The largest absolute Gasteiger partial charge is 0.494 e. The zero-order valence-corrected chi connectivity index (χ0v) is 34.2. The van der Waals surface area contributed by atoms with Gasteiger partial charge in [0.1, 0.15) is 40.9 Å². The Morgan fingerprint density at radius 2 is 1.83 bits per heavy atom. The van der Waals surface area contributed by atoms with Crippen molar-refractivity contribution in [2.75, 3.05) is 33.5 Å². The minimum Gasteiger partial charge on any atom is -0.494 e. The third kappa shape index (κ3) is 8.20. The molecule has 328 valence electrons. The number of ether oxygens (including phenoxy) is 4. The highest BCUT2D eigenvalue weighted by molar-refractivity contribution is 7.91. The van der Waals surface area contributed by atoms with Crippen molar-refractivity contribution in [2.45, 2.75) is 105 Å². The molecule has 2 saturated carbocycles. The lowest BCUT2D eigenvalue weighted by Crippen LogP contribution is -2.60. The van der Waals surface area contributed by atoms with E-state index in [2.05, 4.69) is 15.6 Å². The first-order valence-corrected chi connectivity index (χ1v) is 21.5. The first-order valence-electron chi connectivity index (χ1n) is 20.0. The van der Waals surface area contributed by atoms with Crippen LogP contribution in [0.4, 0.5) is 22.4 Å². The van der Waals surface area contributed by atoms with Crippen LogP contribution in [0.15, 0.2) is 42.6 Å². The fourth-order valence-corrected chi connectivity index (χ4v) is 9.97. The smallest absolute Gasteiger partial charge is 0.430 e. The second-order valence-electron chi connectivity index (χ2n) is 16.8. The highest BCUT2D eigenvalue weighted by Gasteiger charge is 2.64. The van der Waals surface area contributed by atoms with Crippen molar-refractivity contribution in [3.63, 3.8) is 0 Å². The molecule has 4 amide bonds. The van der Waals surface area contributed by atoms with Crippen molar-refractivity contribution >= 4 is 44.6 Å². The Morgan fingerprint density at radius 3 is 2.48 bits per heavy atom. The van der Waals surface area contributed by atoms with E-state index in [1.54, 1.807) is 37.3 Å². The van der Waals surface area contributed by atoms with Crippen LogP contribution < -0.4 is 24.8 Å². The maximum absolute atomic E-state index is 14.8. The summed E-state index contributed by atoms with van der Waals surface area (Å²) in [4.78, 5) is 62.3. The number of amides is 4. The summed E-state index contributed by atoms with van der Waals surface area (Å²) in [5, 5.41) is 6.34. The van der Waals surface area contributed by atoms with Crippen LogP contribution in [0, 0.1) is 17.8 Å².